The van der Waals surface area contributed by atoms with Crippen molar-refractivity contribution in [2.45, 2.75) is 19.3 Å². The summed E-state index contributed by atoms with van der Waals surface area (Å²) in [7, 11) is 2.17. The Morgan fingerprint density at radius 2 is 1.72 bits per heavy atom. The molecule has 1 spiro atoms. The maximum atomic E-state index is 15.0. The van der Waals surface area contributed by atoms with E-state index in [4.69, 9.17) is 5.73 Å². The molecule has 3 aliphatic heterocycles. The van der Waals surface area contributed by atoms with E-state index in [9.17, 15) is 9.18 Å². The summed E-state index contributed by atoms with van der Waals surface area (Å²) in [6.45, 7) is 4.82. The van der Waals surface area contributed by atoms with Gasteiger partial charge in [0.05, 0.1) is 0 Å². The molecule has 0 radical (unpaired) electrons. The van der Waals surface area contributed by atoms with Crippen molar-refractivity contribution in [1.29, 1.82) is 0 Å². The fraction of sp³-hybridized carbons (Fsp3) is 0.370. The molecule has 0 aliphatic carbocycles. The maximum absolute atomic E-state index is 15.0. The largest absolute Gasteiger partial charge is 0.382 e. The Bertz CT molecular complexity index is 1340. The first-order chi connectivity index (χ1) is 17.3. The third kappa shape index (κ3) is 3.87. The summed E-state index contributed by atoms with van der Waals surface area (Å²) in [4.78, 5) is 25.0. The van der Waals surface area contributed by atoms with Crippen LogP contribution < -0.4 is 16.0 Å². The molecule has 7 nitrogen and oxygen atoms in total. The van der Waals surface area contributed by atoms with Gasteiger partial charge in [-0.2, -0.15) is 9.37 Å². The summed E-state index contributed by atoms with van der Waals surface area (Å²) in [5, 5.41) is 2.70. The van der Waals surface area contributed by atoms with Crippen molar-refractivity contribution in [2.24, 2.45) is 5.41 Å². The van der Waals surface area contributed by atoms with E-state index in [2.05, 4.69) is 32.1 Å². The van der Waals surface area contributed by atoms with Crippen LogP contribution in [0, 0.1) is 17.2 Å². The minimum absolute atomic E-state index is 0.00992. The van der Waals surface area contributed by atoms with Gasteiger partial charge in [-0.3, -0.25) is 4.79 Å². The average Bonchev–Trinajstić information content (AvgIpc) is 2.85. The second kappa shape index (κ2) is 8.51. The Morgan fingerprint density at radius 1 is 1.00 bits per heavy atom. The zero-order valence-corrected chi connectivity index (χ0v) is 20.2. The number of nitrogens with zero attached hydrogens (tertiary/aromatic N) is 4. The lowest BCUT2D eigenvalue weighted by molar-refractivity contribution is 0.00132. The molecular formula is C27H28F2N6O. The van der Waals surface area contributed by atoms with E-state index in [1.54, 1.807) is 6.07 Å². The lowest BCUT2D eigenvalue weighted by Crippen LogP contribution is -2.58. The number of hydrogen-bond donors (Lipinski definition) is 2. The van der Waals surface area contributed by atoms with E-state index in [1.165, 1.54) is 32.0 Å². The van der Waals surface area contributed by atoms with Crippen molar-refractivity contribution in [3.8, 4) is 22.5 Å². The number of hydrogen-bond acceptors (Lipinski definition) is 6. The van der Waals surface area contributed by atoms with E-state index in [0.29, 0.717) is 35.1 Å². The SMILES string of the molecule is CN1CC2(CCN(c3ccc(-c4nc(-c5cc6c(cc5F)C(=O)NCC6)c(N)nc4F)cc3)CC2)C1. The van der Waals surface area contributed by atoms with Crippen LogP contribution in [0.25, 0.3) is 22.5 Å². The first-order valence-corrected chi connectivity index (χ1v) is 12.3. The zero-order chi connectivity index (χ0) is 25.0. The fourth-order valence-electron chi connectivity index (χ4n) is 5.92. The van der Waals surface area contributed by atoms with Crippen molar-refractivity contribution < 1.29 is 13.6 Å². The predicted octanol–water partition coefficient (Wildman–Crippen LogP) is 3.49. The first-order valence-electron chi connectivity index (χ1n) is 12.3. The molecule has 1 aromatic heterocycles. The minimum atomic E-state index is -0.809. The topological polar surface area (TPSA) is 87.4 Å². The molecule has 2 aromatic carbocycles. The Hall–Kier alpha value is -3.59. The van der Waals surface area contributed by atoms with Gasteiger partial charge < -0.3 is 20.9 Å². The van der Waals surface area contributed by atoms with Crippen LogP contribution in [0.4, 0.5) is 20.3 Å². The molecule has 3 N–H and O–H groups in total. The van der Waals surface area contributed by atoms with Crippen LogP contribution in [0.2, 0.25) is 0 Å². The third-order valence-electron chi connectivity index (χ3n) is 7.79. The van der Waals surface area contributed by atoms with Gasteiger partial charge in [0.15, 0.2) is 5.82 Å². The van der Waals surface area contributed by atoms with Gasteiger partial charge in [-0.05, 0) is 61.6 Å². The Labute approximate surface area is 208 Å². The molecule has 0 unspecified atom stereocenters. The number of nitrogen functional groups attached to an aromatic ring is 1. The van der Waals surface area contributed by atoms with E-state index < -0.39 is 11.8 Å². The predicted molar refractivity (Wildman–Crippen MR) is 135 cm³/mol. The molecule has 36 heavy (non-hydrogen) atoms. The maximum Gasteiger partial charge on any atom is 0.251 e. The normalized spacial score (nSPS) is 19.1. The van der Waals surface area contributed by atoms with Crippen molar-refractivity contribution in [1.82, 2.24) is 20.2 Å². The summed E-state index contributed by atoms with van der Waals surface area (Å²) in [6, 6.07) is 10.3. The van der Waals surface area contributed by atoms with Crippen molar-refractivity contribution >= 4 is 17.4 Å². The number of nitrogens with one attached hydrogen (secondary N) is 1. The summed E-state index contributed by atoms with van der Waals surface area (Å²) in [6.07, 6.45) is 2.91. The number of benzene rings is 2. The van der Waals surface area contributed by atoms with Gasteiger partial charge in [0.2, 0.25) is 5.95 Å². The number of halogens is 2. The molecule has 186 valence electrons. The number of piperidine rings is 1. The van der Waals surface area contributed by atoms with Gasteiger partial charge >= 0.3 is 0 Å². The molecule has 6 rings (SSSR count). The number of carbonyl (C=O) groups is 1. The Kier molecular flexibility index (Phi) is 5.40. The first kappa shape index (κ1) is 22.8. The molecule has 0 atom stereocenters. The summed E-state index contributed by atoms with van der Waals surface area (Å²) >= 11 is 0. The van der Waals surface area contributed by atoms with E-state index in [1.807, 2.05) is 24.3 Å². The van der Waals surface area contributed by atoms with E-state index in [0.717, 1.165) is 18.8 Å². The zero-order valence-electron chi connectivity index (χ0n) is 20.2. The highest BCUT2D eigenvalue weighted by atomic mass is 19.1. The molecule has 9 heteroatoms. The highest BCUT2D eigenvalue weighted by Crippen LogP contribution is 2.40. The number of rotatable bonds is 3. The quantitative estimate of drug-likeness (QED) is 0.585. The summed E-state index contributed by atoms with van der Waals surface area (Å²) in [5.41, 5.74) is 9.24. The molecule has 0 saturated carbocycles. The monoisotopic (exact) mass is 490 g/mol. The number of likely N-dealkylation sites (tertiary alicyclic amines) is 1. The second-order valence-corrected chi connectivity index (χ2v) is 10.3. The van der Waals surface area contributed by atoms with Crippen molar-refractivity contribution in [2.75, 3.05) is 50.4 Å². The third-order valence-corrected chi connectivity index (χ3v) is 7.79. The van der Waals surface area contributed by atoms with Gasteiger partial charge in [-0.15, -0.1) is 0 Å². The lowest BCUT2D eigenvalue weighted by Gasteiger charge is -2.53. The van der Waals surface area contributed by atoms with Gasteiger partial charge in [-0.25, -0.2) is 9.37 Å². The Balaban J connectivity index is 1.28. The molecule has 3 aromatic rings. The van der Waals surface area contributed by atoms with Crippen molar-refractivity contribution in [3.05, 3.63) is 59.3 Å². The molecule has 1 amide bonds. The molecular weight excluding hydrogens is 462 g/mol. The standard InChI is InChI=1S/C27H28F2N6O/c1-34-14-27(15-34)7-10-35(11-8-27)18-4-2-16(3-5-18)22-24(29)33-25(30)23(32-22)20-12-17-6-9-31-26(36)19(17)13-21(20)28/h2-5,12-13H,6-11,14-15H2,1H3,(H2,30,33)(H,31,36). The smallest absolute Gasteiger partial charge is 0.251 e. The molecule has 4 heterocycles. The lowest BCUT2D eigenvalue weighted by atomic mass is 9.72. The van der Waals surface area contributed by atoms with Crippen LogP contribution in [0.1, 0.15) is 28.8 Å². The van der Waals surface area contributed by atoms with Gasteiger partial charge in [0.25, 0.3) is 5.91 Å². The van der Waals surface area contributed by atoms with Gasteiger partial charge in [0.1, 0.15) is 17.2 Å². The summed E-state index contributed by atoms with van der Waals surface area (Å²) < 4.78 is 29.9. The highest BCUT2D eigenvalue weighted by molar-refractivity contribution is 5.97. The number of anilines is 2. The number of amides is 1. The fourth-order valence-corrected chi connectivity index (χ4v) is 5.92. The molecule has 0 bridgehead atoms. The second-order valence-electron chi connectivity index (χ2n) is 10.3. The molecule has 2 fully saturated rings. The van der Waals surface area contributed by atoms with E-state index >= 15 is 4.39 Å². The van der Waals surface area contributed by atoms with E-state index in [-0.39, 0.29) is 28.7 Å². The van der Waals surface area contributed by atoms with Crippen LogP contribution in [-0.4, -0.2) is 60.5 Å². The van der Waals surface area contributed by atoms with Crippen LogP contribution >= 0.6 is 0 Å². The summed E-state index contributed by atoms with van der Waals surface area (Å²) in [5.74, 6) is -1.98. The van der Waals surface area contributed by atoms with Crippen LogP contribution in [0.3, 0.4) is 0 Å². The van der Waals surface area contributed by atoms with Crippen molar-refractivity contribution in [3.63, 3.8) is 0 Å². The molecule has 2 saturated heterocycles. The number of fused-ring (bicyclic) bond motifs is 1. The average molecular weight is 491 g/mol. The number of aromatic nitrogens is 2. The molecule has 3 aliphatic rings. The van der Waals surface area contributed by atoms with Gasteiger partial charge in [-0.1, -0.05) is 12.1 Å². The van der Waals surface area contributed by atoms with Crippen LogP contribution in [-0.2, 0) is 6.42 Å². The highest BCUT2D eigenvalue weighted by Gasteiger charge is 2.43. The van der Waals surface area contributed by atoms with Crippen LogP contribution in [0.5, 0.6) is 0 Å². The number of carbonyl (C=O) groups excluding carboxylic acids is 1. The minimum Gasteiger partial charge on any atom is -0.382 e. The van der Waals surface area contributed by atoms with Gasteiger partial charge in [0, 0.05) is 55.1 Å². The number of nitrogens with two attached hydrogens (primary N) is 1. The Morgan fingerprint density at radius 3 is 2.42 bits per heavy atom. The van der Waals surface area contributed by atoms with Crippen LogP contribution in [0.15, 0.2) is 36.4 Å².